The third kappa shape index (κ3) is 54.7. The van der Waals surface area contributed by atoms with Crippen LogP contribution >= 0.6 is 7.82 Å². The molecule has 0 aromatic carbocycles. The Balaban J connectivity index is 4.85. The Labute approximate surface area is 462 Å². The molecule has 2 N–H and O–H groups in total. The normalized spacial score (nSPS) is 14.2. The summed E-state index contributed by atoms with van der Waals surface area (Å²) in [5, 5.41) is 9.81. The molecule has 12 heteroatoms. The van der Waals surface area contributed by atoms with Gasteiger partial charge in [0.15, 0.2) is 6.10 Å². The number of hydrogen-bond donors (Lipinski definition) is 2. The number of esters is 3. The van der Waals surface area contributed by atoms with E-state index in [2.05, 4.69) is 142 Å². The molecular formula is C64H105O11P. The number of unbranched alkanes of at least 4 members (excludes halogenated alkanes) is 16. The van der Waals surface area contributed by atoms with Crippen molar-refractivity contribution < 1.29 is 52.2 Å². The number of allylic oxidation sites excluding steroid dienone is 20. The SMILES string of the molecule is CC/C=C\C/C=C\C/C=C\C/C=C\C/C=C\CCCCCC(=O)OC(COC(=O)CCCCCCC/C=C\CCCCCCCC)COP(=O)(O)OCC(CO)OC(=O)CCCC/C=C\C/C=C\C/C=C\C/C=C\CC. The van der Waals surface area contributed by atoms with Gasteiger partial charge in [0, 0.05) is 19.3 Å². The van der Waals surface area contributed by atoms with Crippen molar-refractivity contribution in [2.45, 2.75) is 238 Å². The minimum atomic E-state index is -4.78. The highest BCUT2D eigenvalue weighted by atomic mass is 31.2. The van der Waals surface area contributed by atoms with Crippen molar-refractivity contribution in [2.75, 3.05) is 26.4 Å². The lowest BCUT2D eigenvalue weighted by Crippen LogP contribution is -2.30. The average molecular weight is 1080 g/mol. The fourth-order valence-electron chi connectivity index (χ4n) is 7.43. The van der Waals surface area contributed by atoms with Crippen molar-refractivity contribution in [1.29, 1.82) is 0 Å². The smallest absolute Gasteiger partial charge is 0.462 e. The number of hydrogen-bond acceptors (Lipinski definition) is 10. The molecule has 3 unspecified atom stereocenters. The van der Waals surface area contributed by atoms with Crippen LogP contribution in [0.15, 0.2) is 122 Å². The van der Waals surface area contributed by atoms with Crippen molar-refractivity contribution in [3.63, 3.8) is 0 Å². The van der Waals surface area contributed by atoms with E-state index in [4.69, 9.17) is 23.3 Å². The van der Waals surface area contributed by atoms with E-state index in [1.165, 1.54) is 38.5 Å². The van der Waals surface area contributed by atoms with Crippen LogP contribution in [0, 0.1) is 0 Å². The van der Waals surface area contributed by atoms with Gasteiger partial charge >= 0.3 is 25.7 Å². The second-order valence-electron chi connectivity index (χ2n) is 19.0. The van der Waals surface area contributed by atoms with Crippen LogP contribution in [0.1, 0.15) is 226 Å². The van der Waals surface area contributed by atoms with E-state index in [9.17, 15) is 28.9 Å². The predicted molar refractivity (Wildman–Crippen MR) is 316 cm³/mol. The summed E-state index contributed by atoms with van der Waals surface area (Å²) in [6, 6.07) is 0. The van der Waals surface area contributed by atoms with Gasteiger partial charge in [-0.1, -0.05) is 200 Å². The zero-order valence-electron chi connectivity index (χ0n) is 47.7. The number of carbonyl (C=O) groups is 3. The summed E-state index contributed by atoms with van der Waals surface area (Å²) in [6.07, 6.45) is 70.2. The highest BCUT2D eigenvalue weighted by molar-refractivity contribution is 7.47. The number of aliphatic hydroxyl groups excluding tert-OH is 1. The Morgan fingerprint density at radius 2 is 0.684 bits per heavy atom. The first-order chi connectivity index (χ1) is 37.2. The Hall–Kier alpha value is -4.12. The van der Waals surface area contributed by atoms with Crippen LogP contribution < -0.4 is 0 Å². The summed E-state index contributed by atoms with van der Waals surface area (Å²) >= 11 is 0. The molecule has 11 nitrogen and oxygen atoms in total. The predicted octanol–water partition coefficient (Wildman–Crippen LogP) is 17.6. The number of carbonyl (C=O) groups excluding carboxylic acids is 3. The Bertz CT molecular complexity index is 1740. The summed E-state index contributed by atoms with van der Waals surface area (Å²) in [5.41, 5.74) is 0. The van der Waals surface area contributed by atoms with Crippen LogP contribution in [-0.4, -0.2) is 66.5 Å². The molecule has 0 amide bonds. The molecule has 0 rings (SSSR count). The number of rotatable bonds is 53. The first kappa shape index (κ1) is 71.9. The van der Waals surface area contributed by atoms with Gasteiger partial charge in [-0.3, -0.25) is 23.4 Å². The molecular weight excluding hydrogens is 976 g/mol. The van der Waals surface area contributed by atoms with Crippen LogP contribution in [0.5, 0.6) is 0 Å². The highest BCUT2D eigenvalue weighted by Crippen LogP contribution is 2.43. The van der Waals surface area contributed by atoms with Gasteiger partial charge in [-0.2, -0.15) is 0 Å². The second-order valence-corrected chi connectivity index (χ2v) is 20.5. The number of ether oxygens (including phenoxy) is 3. The lowest BCUT2D eigenvalue weighted by atomic mass is 10.1. The third-order valence-electron chi connectivity index (χ3n) is 11.8. The van der Waals surface area contributed by atoms with E-state index in [0.29, 0.717) is 19.3 Å². The lowest BCUT2D eigenvalue weighted by molar-refractivity contribution is -0.161. The van der Waals surface area contributed by atoms with Crippen molar-refractivity contribution in [3.8, 4) is 0 Å². The first-order valence-corrected chi connectivity index (χ1v) is 30.9. The summed E-state index contributed by atoms with van der Waals surface area (Å²) in [7, 11) is -4.78. The molecule has 432 valence electrons. The first-order valence-electron chi connectivity index (χ1n) is 29.4. The van der Waals surface area contributed by atoms with Gasteiger partial charge in [0.25, 0.3) is 0 Å². The van der Waals surface area contributed by atoms with E-state index in [-0.39, 0.29) is 25.9 Å². The largest absolute Gasteiger partial charge is 0.472 e. The zero-order chi connectivity index (χ0) is 55.5. The maximum absolute atomic E-state index is 12.9. The van der Waals surface area contributed by atoms with Crippen LogP contribution in [0.25, 0.3) is 0 Å². The summed E-state index contributed by atoms with van der Waals surface area (Å²) in [5.74, 6) is -1.57. The molecule has 0 aliphatic heterocycles. The maximum atomic E-state index is 12.9. The number of phosphoric acid groups is 1. The maximum Gasteiger partial charge on any atom is 0.472 e. The van der Waals surface area contributed by atoms with Crippen molar-refractivity contribution in [2.24, 2.45) is 0 Å². The summed E-state index contributed by atoms with van der Waals surface area (Å²) in [6.45, 7) is 4.31. The van der Waals surface area contributed by atoms with Crippen LogP contribution in [-0.2, 0) is 42.2 Å². The molecule has 0 fully saturated rings. The third-order valence-corrected chi connectivity index (χ3v) is 12.8. The monoisotopic (exact) mass is 1080 g/mol. The molecule has 3 atom stereocenters. The second kappa shape index (κ2) is 57.1. The van der Waals surface area contributed by atoms with Gasteiger partial charge in [0.1, 0.15) is 12.7 Å². The van der Waals surface area contributed by atoms with E-state index < -0.39 is 57.8 Å². The van der Waals surface area contributed by atoms with Crippen molar-refractivity contribution in [1.82, 2.24) is 0 Å². The number of phosphoric ester groups is 1. The van der Waals surface area contributed by atoms with Crippen molar-refractivity contribution >= 4 is 25.7 Å². The molecule has 0 aliphatic rings. The van der Waals surface area contributed by atoms with E-state index in [1.54, 1.807) is 0 Å². The van der Waals surface area contributed by atoms with Gasteiger partial charge < -0.3 is 24.2 Å². The van der Waals surface area contributed by atoms with Crippen LogP contribution in [0.2, 0.25) is 0 Å². The van der Waals surface area contributed by atoms with Gasteiger partial charge in [0.2, 0.25) is 0 Å². The molecule has 0 saturated heterocycles. The van der Waals surface area contributed by atoms with Gasteiger partial charge in [-0.05, 0) is 128 Å². The molecule has 0 heterocycles. The van der Waals surface area contributed by atoms with E-state index in [1.807, 2.05) is 0 Å². The van der Waals surface area contributed by atoms with E-state index in [0.717, 1.165) is 128 Å². The highest BCUT2D eigenvalue weighted by Gasteiger charge is 2.28. The lowest BCUT2D eigenvalue weighted by Gasteiger charge is -2.21. The molecule has 0 saturated carbocycles. The van der Waals surface area contributed by atoms with Gasteiger partial charge in [-0.15, -0.1) is 0 Å². The average Bonchev–Trinajstić information content (AvgIpc) is 3.41. The summed E-state index contributed by atoms with van der Waals surface area (Å²) in [4.78, 5) is 48.6. The van der Waals surface area contributed by atoms with E-state index >= 15 is 0 Å². The van der Waals surface area contributed by atoms with Gasteiger partial charge in [-0.25, -0.2) is 4.57 Å². The standard InChI is InChI=1S/C64H105O11P/c1-4-7-10-13-16-19-22-25-28-29-30-31-34-37-40-43-46-49-52-55-64(68)75-61(57-71-62(66)53-50-47-44-41-38-35-32-26-23-20-17-14-11-8-5-2)59-73-76(69,70)72-58-60(56-65)74-63(67)54-51-48-45-42-39-36-33-27-24-21-18-15-12-9-6-3/h7,9-10,12,16,18-19,21,25-28,30-33,37,39-40,42,60-61,65H,4-6,8,11,13-15,17,20,22-24,29,34-36,38,41,43-59H2,1-3H3,(H,69,70)/b10-7-,12-9-,19-16-,21-18-,28-25-,31-30-,32-26-,33-27-,40-37-,42-39-. The molecule has 0 aliphatic carbocycles. The Morgan fingerprint density at radius 3 is 1.11 bits per heavy atom. The fourth-order valence-corrected chi connectivity index (χ4v) is 8.21. The zero-order valence-corrected chi connectivity index (χ0v) is 48.6. The summed E-state index contributed by atoms with van der Waals surface area (Å²) < 4.78 is 39.5. The molecule has 0 aromatic rings. The minimum absolute atomic E-state index is 0.116. The van der Waals surface area contributed by atoms with Crippen molar-refractivity contribution in [3.05, 3.63) is 122 Å². The minimum Gasteiger partial charge on any atom is -0.462 e. The Morgan fingerprint density at radius 1 is 0.382 bits per heavy atom. The van der Waals surface area contributed by atoms with Gasteiger partial charge in [0.05, 0.1) is 19.8 Å². The number of aliphatic hydroxyl groups is 1. The molecule has 0 spiro atoms. The fraction of sp³-hybridized carbons (Fsp3) is 0.641. The van der Waals surface area contributed by atoms with Crippen LogP contribution in [0.4, 0.5) is 0 Å². The molecule has 0 aromatic heterocycles. The molecule has 0 bridgehead atoms. The molecule has 76 heavy (non-hydrogen) atoms. The quantitative estimate of drug-likeness (QED) is 0.0197. The molecule has 0 radical (unpaired) electrons. The Kier molecular flexibility index (Phi) is 54.0. The van der Waals surface area contributed by atoms with Crippen LogP contribution in [0.3, 0.4) is 0 Å². The topological polar surface area (TPSA) is 155 Å².